The van der Waals surface area contributed by atoms with Crippen molar-refractivity contribution in [1.82, 2.24) is 0 Å². The fourth-order valence-electron chi connectivity index (χ4n) is 3.99. The molecule has 0 aromatic heterocycles. The molecule has 1 aliphatic carbocycles. The number of ether oxygens (including phenoxy) is 1. The van der Waals surface area contributed by atoms with Gasteiger partial charge in [-0.05, 0) is 62.4 Å². The molecule has 0 aromatic rings. The first-order valence-electron chi connectivity index (χ1n) is 10.2. The third-order valence-electron chi connectivity index (χ3n) is 5.62. The molecule has 0 aromatic carbocycles. The molecular weight excluding hydrogens is 332 g/mol. The zero-order valence-corrected chi connectivity index (χ0v) is 17.4. The van der Waals surface area contributed by atoms with Gasteiger partial charge in [-0.25, -0.2) is 4.79 Å². The largest absolute Gasteiger partial charge is 0.463 e. The maximum Gasteiger partial charge on any atom is 0.331 e. The van der Waals surface area contributed by atoms with Gasteiger partial charge >= 0.3 is 5.97 Å². The van der Waals surface area contributed by atoms with E-state index in [0.29, 0.717) is 12.5 Å². The molecule has 3 unspecified atom stereocenters. The minimum absolute atomic E-state index is 0.207. The lowest BCUT2D eigenvalue weighted by Crippen LogP contribution is -2.19. The van der Waals surface area contributed by atoms with Crippen molar-refractivity contribution in [3.05, 3.63) is 23.3 Å². The van der Waals surface area contributed by atoms with Gasteiger partial charge in [-0.1, -0.05) is 51.7 Å². The number of alkyl halides is 1. The summed E-state index contributed by atoms with van der Waals surface area (Å²) in [5, 5.41) is 0. The van der Waals surface area contributed by atoms with E-state index in [-0.39, 0.29) is 5.97 Å². The van der Waals surface area contributed by atoms with Crippen LogP contribution in [-0.2, 0) is 9.53 Å². The van der Waals surface area contributed by atoms with Crippen molar-refractivity contribution in [3.8, 4) is 0 Å². The van der Waals surface area contributed by atoms with Gasteiger partial charge in [-0.3, -0.25) is 0 Å². The van der Waals surface area contributed by atoms with Crippen molar-refractivity contribution < 1.29 is 9.53 Å². The number of halogens is 1. The monoisotopic (exact) mass is 368 g/mol. The highest BCUT2D eigenvalue weighted by Crippen LogP contribution is 2.34. The number of carbonyl (C=O) groups excluding carboxylic acids is 1. The van der Waals surface area contributed by atoms with E-state index in [9.17, 15) is 4.79 Å². The molecule has 0 aliphatic heterocycles. The summed E-state index contributed by atoms with van der Waals surface area (Å²) in [6.45, 7) is 9.14. The van der Waals surface area contributed by atoms with E-state index in [1.807, 2.05) is 6.92 Å². The minimum atomic E-state index is -0.207. The topological polar surface area (TPSA) is 26.3 Å². The first-order chi connectivity index (χ1) is 12.1. The van der Waals surface area contributed by atoms with E-state index >= 15 is 0 Å². The van der Waals surface area contributed by atoms with Gasteiger partial charge in [-0.15, -0.1) is 11.6 Å². The highest BCUT2D eigenvalue weighted by Gasteiger charge is 2.22. The summed E-state index contributed by atoms with van der Waals surface area (Å²) in [4.78, 5) is 11.7. The molecule has 0 N–H and O–H groups in total. The molecule has 3 heteroatoms. The van der Waals surface area contributed by atoms with Crippen LogP contribution < -0.4 is 0 Å². The molecule has 0 saturated carbocycles. The van der Waals surface area contributed by atoms with Crippen molar-refractivity contribution in [2.45, 2.75) is 79.1 Å². The van der Waals surface area contributed by atoms with Gasteiger partial charge in [0.1, 0.15) is 0 Å². The number of carbonyl (C=O) groups is 1. The molecule has 0 saturated heterocycles. The number of rotatable bonds is 11. The van der Waals surface area contributed by atoms with E-state index in [1.165, 1.54) is 37.7 Å². The van der Waals surface area contributed by atoms with Gasteiger partial charge in [0.05, 0.1) is 6.61 Å². The molecule has 0 heterocycles. The Labute approximate surface area is 160 Å². The van der Waals surface area contributed by atoms with Crippen LogP contribution in [0.2, 0.25) is 0 Å². The predicted octanol–water partition coefficient (Wildman–Crippen LogP) is 6.68. The summed E-state index contributed by atoms with van der Waals surface area (Å²) in [5.41, 5.74) is 2.64. The molecule has 3 atom stereocenters. The van der Waals surface area contributed by atoms with Crippen LogP contribution in [0, 0.1) is 17.8 Å². The van der Waals surface area contributed by atoms with E-state index in [2.05, 4.69) is 26.8 Å². The summed E-state index contributed by atoms with van der Waals surface area (Å²) in [7, 11) is 0. The van der Waals surface area contributed by atoms with Gasteiger partial charge < -0.3 is 4.74 Å². The number of esters is 1. The lowest BCUT2D eigenvalue weighted by Gasteiger charge is -2.28. The first-order valence-corrected chi connectivity index (χ1v) is 10.7. The fourth-order valence-corrected chi connectivity index (χ4v) is 4.46. The zero-order valence-electron chi connectivity index (χ0n) is 16.7. The average Bonchev–Trinajstić information content (AvgIpc) is 2.61. The van der Waals surface area contributed by atoms with Gasteiger partial charge in [0, 0.05) is 12.0 Å². The zero-order chi connectivity index (χ0) is 18.7. The molecule has 25 heavy (non-hydrogen) atoms. The van der Waals surface area contributed by atoms with Crippen LogP contribution in [0.15, 0.2) is 23.3 Å². The van der Waals surface area contributed by atoms with Crippen molar-refractivity contribution in [3.63, 3.8) is 0 Å². The van der Waals surface area contributed by atoms with Crippen LogP contribution in [-0.4, -0.2) is 18.5 Å². The van der Waals surface area contributed by atoms with Crippen molar-refractivity contribution >= 4 is 17.6 Å². The molecule has 0 amide bonds. The lowest BCUT2D eigenvalue weighted by molar-refractivity contribution is -0.137. The Morgan fingerprint density at radius 3 is 2.44 bits per heavy atom. The van der Waals surface area contributed by atoms with E-state index in [0.717, 1.165) is 42.6 Å². The molecule has 2 nitrogen and oxygen atoms in total. The predicted molar refractivity (Wildman–Crippen MR) is 108 cm³/mol. The molecule has 0 fully saturated rings. The first kappa shape index (κ1) is 22.3. The second-order valence-corrected chi connectivity index (χ2v) is 7.64. The Balaban J connectivity index is 2.72. The molecule has 144 valence electrons. The number of hydrogen-bond donors (Lipinski definition) is 0. The highest BCUT2D eigenvalue weighted by atomic mass is 35.5. The van der Waals surface area contributed by atoms with Crippen LogP contribution in [0.3, 0.4) is 0 Å². The normalized spacial score (nSPS) is 20.0. The third-order valence-corrected chi connectivity index (χ3v) is 6.02. The summed E-state index contributed by atoms with van der Waals surface area (Å²) < 4.78 is 5.04. The smallest absolute Gasteiger partial charge is 0.331 e. The van der Waals surface area contributed by atoms with Crippen molar-refractivity contribution in [1.29, 1.82) is 0 Å². The van der Waals surface area contributed by atoms with Crippen molar-refractivity contribution in [2.24, 2.45) is 17.8 Å². The van der Waals surface area contributed by atoms with Gasteiger partial charge in [0.15, 0.2) is 0 Å². The SMILES string of the molecule is CCOC(=O)/C=C1/C=C(CC(CC)CC(CC)C(CC)CCl)CCC1. The second kappa shape index (κ2) is 12.6. The molecule has 1 aliphatic rings. The average molecular weight is 369 g/mol. The molecule has 0 bridgehead atoms. The van der Waals surface area contributed by atoms with Crippen LogP contribution >= 0.6 is 11.6 Å². The molecular formula is C22H37ClO2. The van der Waals surface area contributed by atoms with E-state index < -0.39 is 0 Å². The Morgan fingerprint density at radius 2 is 1.88 bits per heavy atom. The summed E-state index contributed by atoms with van der Waals surface area (Å²) >= 11 is 6.19. The molecule has 0 radical (unpaired) electrons. The highest BCUT2D eigenvalue weighted by molar-refractivity contribution is 6.18. The van der Waals surface area contributed by atoms with Crippen LogP contribution in [0.25, 0.3) is 0 Å². The Kier molecular flexibility index (Phi) is 11.2. The third kappa shape index (κ3) is 7.98. The maximum absolute atomic E-state index is 11.7. The lowest BCUT2D eigenvalue weighted by atomic mass is 9.78. The van der Waals surface area contributed by atoms with Crippen LogP contribution in [0.1, 0.15) is 79.1 Å². The summed E-state index contributed by atoms with van der Waals surface area (Å²) in [6, 6.07) is 0. The van der Waals surface area contributed by atoms with Gasteiger partial charge in [0.25, 0.3) is 0 Å². The Hall–Kier alpha value is -0.760. The van der Waals surface area contributed by atoms with Crippen LogP contribution in [0.5, 0.6) is 0 Å². The number of allylic oxidation sites excluding steroid dienone is 3. The van der Waals surface area contributed by atoms with E-state index in [4.69, 9.17) is 16.3 Å². The van der Waals surface area contributed by atoms with Crippen molar-refractivity contribution in [2.75, 3.05) is 12.5 Å². The molecule has 0 spiro atoms. The maximum atomic E-state index is 11.7. The van der Waals surface area contributed by atoms with Crippen LogP contribution in [0.4, 0.5) is 0 Å². The quantitative estimate of drug-likeness (QED) is 0.231. The molecule has 1 rings (SSSR count). The fraction of sp³-hybridized carbons (Fsp3) is 0.773. The number of hydrogen-bond acceptors (Lipinski definition) is 2. The standard InChI is InChI=1S/C22H37ClO2/c1-5-17(14-20(6-2)21(7-3)16-23)12-18-10-9-11-19(13-18)15-22(24)25-8-4/h13,15,17,20-21H,5-12,14,16H2,1-4H3/b19-15+. The Morgan fingerprint density at radius 1 is 1.16 bits per heavy atom. The summed E-state index contributed by atoms with van der Waals surface area (Å²) in [5.74, 6) is 2.66. The second-order valence-electron chi connectivity index (χ2n) is 7.33. The minimum Gasteiger partial charge on any atom is -0.463 e. The summed E-state index contributed by atoms with van der Waals surface area (Å²) in [6.07, 6.45) is 13.3. The van der Waals surface area contributed by atoms with Gasteiger partial charge in [-0.2, -0.15) is 0 Å². The van der Waals surface area contributed by atoms with Gasteiger partial charge in [0.2, 0.25) is 0 Å². The van der Waals surface area contributed by atoms with E-state index in [1.54, 1.807) is 6.08 Å². The Bertz CT molecular complexity index is 449.